The molecule has 3 heteroatoms. The molecule has 14 heavy (non-hydrogen) atoms. The van der Waals surface area contributed by atoms with E-state index in [0.717, 1.165) is 16.7 Å². The first-order valence-electron chi connectivity index (χ1n) is 4.25. The molecule has 0 aliphatic carbocycles. The van der Waals surface area contributed by atoms with Crippen molar-refractivity contribution in [1.29, 1.82) is 0 Å². The van der Waals surface area contributed by atoms with Crippen LogP contribution in [0.1, 0.15) is 16.7 Å². The highest BCUT2D eigenvalue weighted by Crippen LogP contribution is 2.21. The van der Waals surface area contributed by atoms with Gasteiger partial charge in [-0.3, -0.25) is 4.79 Å². The largest absolute Gasteiger partial charge is 0.366 e. The molecule has 0 aromatic heterocycles. The van der Waals surface area contributed by atoms with Gasteiger partial charge >= 0.3 is 0 Å². The van der Waals surface area contributed by atoms with Crippen LogP contribution in [0.25, 0.3) is 6.08 Å². The molecule has 0 fully saturated rings. The van der Waals surface area contributed by atoms with Crippen molar-refractivity contribution < 1.29 is 4.79 Å². The highest BCUT2D eigenvalue weighted by molar-refractivity contribution is 6.30. The first-order chi connectivity index (χ1) is 6.50. The van der Waals surface area contributed by atoms with Crippen molar-refractivity contribution in [1.82, 2.24) is 0 Å². The van der Waals surface area contributed by atoms with E-state index in [1.807, 2.05) is 26.0 Å². The summed E-state index contributed by atoms with van der Waals surface area (Å²) in [6.45, 7) is 3.89. The maximum atomic E-state index is 10.6. The Kier molecular flexibility index (Phi) is 3.31. The van der Waals surface area contributed by atoms with Gasteiger partial charge < -0.3 is 5.73 Å². The van der Waals surface area contributed by atoms with Gasteiger partial charge in [0.05, 0.1) is 0 Å². The molecule has 0 radical (unpaired) electrons. The molecule has 1 amide bonds. The molecule has 0 aliphatic rings. The quantitative estimate of drug-likeness (QED) is 0.748. The lowest BCUT2D eigenvalue weighted by atomic mass is 10.0. The molecule has 2 N–H and O–H groups in total. The van der Waals surface area contributed by atoms with Gasteiger partial charge in [-0.2, -0.15) is 0 Å². The van der Waals surface area contributed by atoms with Crippen molar-refractivity contribution in [2.24, 2.45) is 5.73 Å². The van der Waals surface area contributed by atoms with E-state index in [4.69, 9.17) is 17.3 Å². The zero-order valence-corrected chi connectivity index (χ0v) is 8.93. The summed E-state index contributed by atoms with van der Waals surface area (Å²) < 4.78 is 0. The van der Waals surface area contributed by atoms with Gasteiger partial charge in [-0.1, -0.05) is 11.6 Å². The van der Waals surface area contributed by atoms with Crippen molar-refractivity contribution in [2.45, 2.75) is 13.8 Å². The fourth-order valence-electron chi connectivity index (χ4n) is 1.35. The molecule has 74 valence electrons. The number of primary amides is 1. The summed E-state index contributed by atoms with van der Waals surface area (Å²) in [7, 11) is 0. The van der Waals surface area contributed by atoms with Crippen LogP contribution in [0.2, 0.25) is 5.02 Å². The van der Waals surface area contributed by atoms with E-state index >= 15 is 0 Å². The van der Waals surface area contributed by atoms with Gasteiger partial charge in [-0.25, -0.2) is 0 Å². The number of aryl methyl sites for hydroxylation is 2. The van der Waals surface area contributed by atoms with Crippen molar-refractivity contribution in [3.63, 3.8) is 0 Å². The summed E-state index contributed by atoms with van der Waals surface area (Å²) >= 11 is 5.87. The molecule has 0 spiro atoms. The Labute approximate surface area is 88.4 Å². The van der Waals surface area contributed by atoms with E-state index in [9.17, 15) is 4.79 Å². The van der Waals surface area contributed by atoms with Crippen LogP contribution < -0.4 is 5.73 Å². The molecule has 0 heterocycles. The molecule has 0 unspecified atom stereocenters. The second-order valence-electron chi connectivity index (χ2n) is 3.19. The van der Waals surface area contributed by atoms with Crippen molar-refractivity contribution >= 4 is 23.6 Å². The number of hydrogen-bond donors (Lipinski definition) is 1. The summed E-state index contributed by atoms with van der Waals surface area (Å²) in [6.07, 6.45) is 3.06. The number of carbonyl (C=O) groups is 1. The average molecular weight is 210 g/mol. The van der Waals surface area contributed by atoms with Gasteiger partial charge in [0.15, 0.2) is 0 Å². The van der Waals surface area contributed by atoms with E-state index in [2.05, 4.69) is 0 Å². The second-order valence-corrected chi connectivity index (χ2v) is 3.63. The fraction of sp³-hybridized carbons (Fsp3) is 0.182. The first kappa shape index (κ1) is 10.8. The molecule has 2 nitrogen and oxygen atoms in total. The minimum absolute atomic E-state index is 0.446. The Morgan fingerprint density at radius 1 is 1.36 bits per heavy atom. The van der Waals surface area contributed by atoms with Crippen LogP contribution in [0.5, 0.6) is 0 Å². The number of benzene rings is 1. The lowest BCUT2D eigenvalue weighted by molar-refractivity contribution is -0.113. The van der Waals surface area contributed by atoms with Crippen LogP contribution in [-0.2, 0) is 4.79 Å². The van der Waals surface area contributed by atoms with E-state index in [-0.39, 0.29) is 0 Å². The molecule has 0 saturated carbocycles. The van der Waals surface area contributed by atoms with E-state index in [1.54, 1.807) is 6.08 Å². The van der Waals surface area contributed by atoms with Crippen LogP contribution in [0.3, 0.4) is 0 Å². The smallest absolute Gasteiger partial charge is 0.241 e. The van der Waals surface area contributed by atoms with Gasteiger partial charge in [0.2, 0.25) is 5.91 Å². The number of hydrogen-bond acceptors (Lipinski definition) is 1. The average Bonchev–Trinajstić information content (AvgIpc) is 2.01. The lowest BCUT2D eigenvalue weighted by Gasteiger charge is -2.05. The minimum atomic E-state index is -0.446. The predicted molar refractivity (Wildman–Crippen MR) is 59.2 cm³/mol. The van der Waals surface area contributed by atoms with E-state index in [0.29, 0.717) is 5.02 Å². The topological polar surface area (TPSA) is 43.1 Å². The van der Waals surface area contributed by atoms with Crippen molar-refractivity contribution in [3.8, 4) is 0 Å². The van der Waals surface area contributed by atoms with Crippen LogP contribution in [0.4, 0.5) is 0 Å². The van der Waals surface area contributed by atoms with E-state index < -0.39 is 5.91 Å². The zero-order valence-electron chi connectivity index (χ0n) is 8.17. The molecule has 0 atom stereocenters. The SMILES string of the molecule is Cc1cc(Cl)cc(C)c1C=CC(N)=O. The number of nitrogens with two attached hydrogens (primary N) is 1. The van der Waals surface area contributed by atoms with Gasteiger partial charge in [0.25, 0.3) is 0 Å². The summed E-state index contributed by atoms with van der Waals surface area (Å²) in [5.41, 5.74) is 8.08. The van der Waals surface area contributed by atoms with Crippen LogP contribution in [-0.4, -0.2) is 5.91 Å². The monoisotopic (exact) mass is 209 g/mol. The summed E-state index contributed by atoms with van der Waals surface area (Å²) in [6, 6.07) is 3.71. The highest BCUT2D eigenvalue weighted by atomic mass is 35.5. The molecular weight excluding hydrogens is 198 g/mol. The van der Waals surface area contributed by atoms with Crippen LogP contribution >= 0.6 is 11.6 Å². The molecule has 1 rings (SSSR count). The number of halogens is 1. The third kappa shape index (κ3) is 2.60. The molecular formula is C11H12ClNO. The third-order valence-electron chi connectivity index (χ3n) is 1.97. The number of carbonyl (C=O) groups excluding carboxylic acids is 1. The first-order valence-corrected chi connectivity index (χ1v) is 4.63. The van der Waals surface area contributed by atoms with Crippen molar-refractivity contribution in [2.75, 3.05) is 0 Å². The number of amides is 1. The van der Waals surface area contributed by atoms with Gasteiger partial charge in [0.1, 0.15) is 0 Å². The Balaban J connectivity index is 3.15. The Hall–Kier alpha value is -1.28. The molecule has 0 saturated heterocycles. The summed E-state index contributed by atoms with van der Waals surface area (Å²) in [4.78, 5) is 10.6. The molecule has 0 aliphatic heterocycles. The summed E-state index contributed by atoms with van der Waals surface area (Å²) in [5.74, 6) is -0.446. The highest BCUT2D eigenvalue weighted by Gasteiger charge is 2.01. The van der Waals surface area contributed by atoms with Crippen LogP contribution in [0, 0.1) is 13.8 Å². The van der Waals surface area contributed by atoms with E-state index in [1.165, 1.54) is 6.08 Å². The maximum absolute atomic E-state index is 10.6. The summed E-state index contributed by atoms with van der Waals surface area (Å²) in [5, 5.41) is 0.705. The minimum Gasteiger partial charge on any atom is -0.366 e. The molecule has 0 bridgehead atoms. The molecule has 1 aromatic rings. The number of rotatable bonds is 2. The lowest BCUT2D eigenvalue weighted by Crippen LogP contribution is -2.05. The third-order valence-corrected chi connectivity index (χ3v) is 2.19. The normalized spacial score (nSPS) is 10.8. The predicted octanol–water partition coefficient (Wildman–Crippen LogP) is 2.46. The zero-order chi connectivity index (χ0) is 10.7. The van der Waals surface area contributed by atoms with Gasteiger partial charge in [0, 0.05) is 11.1 Å². The fourth-order valence-corrected chi connectivity index (χ4v) is 1.68. The Morgan fingerprint density at radius 3 is 2.29 bits per heavy atom. The van der Waals surface area contributed by atoms with Crippen LogP contribution in [0.15, 0.2) is 18.2 Å². The molecule has 1 aromatic carbocycles. The Morgan fingerprint density at radius 2 is 1.86 bits per heavy atom. The standard InChI is InChI=1S/C11H12ClNO/c1-7-5-9(12)6-8(2)10(7)3-4-11(13)14/h3-6H,1-2H3,(H2,13,14). The Bertz CT molecular complexity index is 373. The van der Waals surface area contributed by atoms with Gasteiger partial charge in [-0.15, -0.1) is 0 Å². The van der Waals surface area contributed by atoms with Crippen molar-refractivity contribution in [3.05, 3.63) is 39.9 Å². The maximum Gasteiger partial charge on any atom is 0.241 e. The second kappa shape index (κ2) is 4.29. The van der Waals surface area contributed by atoms with Gasteiger partial charge in [-0.05, 0) is 48.7 Å².